The average Bonchev–Trinajstić information content (AvgIpc) is 3.14. The van der Waals surface area contributed by atoms with Crippen molar-refractivity contribution < 1.29 is 0 Å². The van der Waals surface area contributed by atoms with Crippen LogP contribution in [0.1, 0.15) is 102 Å². The molecule has 0 amide bonds. The molecule has 0 heterocycles. The second-order valence-corrected chi connectivity index (χ2v) is 11.3. The van der Waals surface area contributed by atoms with Crippen LogP contribution >= 0.6 is 0 Å². The first kappa shape index (κ1) is 21.4. The second-order valence-electron chi connectivity index (χ2n) is 11.3. The lowest BCUT2D eigenvalue weighted by atomic mass is 9.75. The molecule has 0 unspecified atom stereocenters. The molecule has 0 aromatic heterocycles. The van der Waals surface area contributed by atoms with Gasteiger partial charge in [-0.2, -0.15) is 0 Å². The molecule has 1 fully saturated rings. The Morgan fingerprint density at radius 2 is 1.43 bits per heavy atom. The Morgan fingerprint density at radius 3 is 2.07 bits per heavy atom. The van der Waals surface area contributed by atoms with Gasteiger partial charge >= 0.3 is 0 Å². The fourth-order valence-corrected chi connectivity index (χ4v) is 5.61. The van der Waals surface area contributed by atoms with Crippen molar-refractivity contribution in [2.75, 3.05) is 0 Å². The minimum Gasteiger partial charge on any atom is -0.0646 e. The molecule has 0 heteroatoms. The lowest BCUT2D eigenvalue weighted by Crippen LogP contribution is -2.17. The van der Waals surface area contributed by atoms with E-state index in [0.717, 1.165) is 6.42 Å². The van der Waals surface area contributed by atoms with E-state index in [-0.39, 0.29) is 5.41 Å². The van der Waals surface area contributed by atoms with E-state index < -0.39 is 0 Å². The Labute approximate surface area is 184 Å². The van der Waals surface area contributed by atoms with Crippen molar-refractivity contribution in [1.82, 2.24) is 0 Å². The van der Waals surface area contributed by atoms with Gasteiger partial charge in [0.1, 0.15) is 0 Å². The Kier molecular flexibility index (Phi) is 6.24. The Morgan fingerprint density at radius 1 is 0.800 bits per heavy atom. The van der Waals surface area contributed by atoms with Crippen LogP contribution in [0.4, 0.5) is 0 Å². The molecule has 30 heavy (non-hydrogen) atoms. The van der Waals surface area contributed by atoms with Crippen LogP contribution in [0.2, 0.25) is 0 Å². The van der Waals surface area contributed by atoms with Crippen LogP contribution in [-0.4, -0.2) is 0 Å². The van der Waals surface area contributed by atoms with E-state index in [1.807, 2.05) is 0 Å². The molecule has 2 aromatic carbocycles. The van der Waals surface area contributed by atoms with Crippen LogP contribution < -0.4 is 0 Å². The largest absolute Gasteiger partial charge is 0.0646 e. The van der Waals surface area contributed by atoms with Crippen molar-refractivity contribution in [1.29, 1.82) is 0 Å². The minimum absolute atomic E-state index is 0.205. The first-order chi connectivity index (χ1) is 14.3. The standard InChI is InChI=1S/C30H40/c1-29(2,3)26-16-14-24(15-17-26)27-13-11-12-25-20-23(21-28(25)27)22-30(4)18-9-7-5-6-8-10-19-30/h11-17,21H,5-10,18-20,22H2,1-4H3. The number of rotatable bonds is 3. The number of hydrogen-bond donors (Lipinski definition) is 0. The summed E-state index contributed by atoms with van der Waals surface area (Å²) < 4.78 is 0. The molecular formula is C30H40. The molecule has 1 saturated carbocycles. The van der Waals surface area contributed by atoms with Crippen molar-refractivity contribution in [2.45, 2.75) is 97.3 Å². The molecule has 2 aliphatic carbocycles. The summed E-state index contributed by atoms with van der Waals surface area (Å²) in [6.07, 6.45) is 16.4. The van der Waals surface area contributed by atoms with Gasteiger partial charge in [-0.05, 0) is 64.3 Å². The van der Waals surface area contributed by atoms with Gasteiger partial charge in [0.25, 0.3) is 0 Å². The average molecular weight is 401 g/mol. The molecule has 0 saturated heterocycles. The molecule has 0 atom stereocenters. The van der Waals surface area contributed by atoms with Crippen molar-refractivity contribution >= 4 is 6.08 Å². The Hall–Kier alpha value is -1.82. The number of benzene rings is 2. The van der Waals surface area contributed by atoms with Crippen LogP contribution in [0.3, 0.4) is 0 Å². The zero-order valence-electron chi connectivity index (χ0n) is 19.7. The molecular weight excluding hydrogens is 360 g/mol. The summed E-state index contributed by atoms with van der Waals surface area (Å²) >= 11 is 0. The molecule has 4 rings (SSSR count). The van der Waals surface area contributed by atoms with Crippen LogP contribution in [-0.2, 0) is 11.8 Å². The highest BCUT2D eigenvalue weighted by Crippen LogP contribution is 2.43. The highest BCUT2D eigenvalue weighted by Gasteiger charge is 2.28. The Bertz CT molecular complexity index is 879. The zero-order chi connectivity index (χ0) is 21.2. The van der Waals surface area contributed by atoms with E-state index in [1.165, 1.54) is 85.6 Å². The number of fused-ring (bicyclic) bond motifs is 1. The smallest absolute Gasteiger partial charge is 0.00574 e. The van der Waals surface area contributed by atoms with Crippen LogP contribution in [0, 0.1) is 5.41 Å². The fourth-order valence-electron chi connectivity index (χ4n) is 5.61. The maximum atomic E-state index is 2.56. The maximum Gasteiger partial charge on any atom is -0.00574 e. The van der Waals surface area contributed by atoms with E-state index in [4.69, 9.17) is 0 Å². The predicted molar refractivity (Wildman–Crippen MR) is 132 cm³/mol. The van der Waals surface area contributed by atoms with Gasteiger partial charge in [0, 0.05) is 0 Å². The van der Waals surface area contributed by atoms with Gasteiger partial charge in [0.15, 0.2) is 0 Å². The van der Waals surface area contributed by atoms with Crippen molar-refractivity contribution in [3.8, 4) is 11.1 Å². The van der Waals surface area contributed by atoms with E-state index in [2.05, 4.69) is 76.2 Å². The molecule has 0 nitrogen and oxygen atoms in total. The lowest BCUT2D eigenvalue weighted by Gasteiger charge is -2.30. The van der Waals surface area contributed by atoms with Gasteiger partial charge in [-0.25, -0.2) is 0 Å². The van der Waals surface area contributed by atoms with Gasteiger partial charge in [-0.3, -0.25) is 0 Å². The molecule has 0 radical (unpaired) electrons. The van der Waals surface area contributed by atoms with Crippen molar-refractivity contribution in [3.05, 3.63) is 64.7 Å². The topological polar surface area (TPSA) is 0 Å². The van der Waals surface area contributed by atoms with E-state index in [1.54, 1.807) is 5.57 Å². The molecule has 160 valence electrons. The summed E-state index contributed by atoms with van der Waals surface area (Å²) in [6.45, 7) is 9.42. The summed E-state index contributed by atoms with van der Waals surface area (Å²) in [7, 11) is 0. The van der Waals surface area contributed by atoms with Crippen molar-refractivity contribution in [3.63, 3.8) is 0 Å². The molecule has 2 aliphatic rings. The first-order valence-corrected chi connectivity index (χ1v) is 12.3. The molecule has 0 bridgehead atoms. The third-order valence-electron chi connectivity index (χ3n) is 7.49. The zero-order valence-corrected chi connectivity index (χ0v) is 19.7. The van der Waals surface area contributed by atoms with Crippen molar-refractivity contribution in [2.24, 2.45) is 5.41 Å². The molecule has 0 aliphatic heterocycles. The third kappa shape index (κ3) is 4.90. The predicted octanol–water partition coefficient (Wildman–Crippen LogP) is 9.12. The summed E-state index contributed by atoms with van der Waals surface area (Å²) in [5.41, 5.74) is 9.52. The SMILES string of the molecule is CC1(CC2=Cc3c(cccc3-c3ccc(C(C)(C)C)cc3)C2)CCCCCCCC1. The summed E-state index contributed by atoms with van der Waals surface area (Å²) in [6, 6.07) is 16.2. The highest BCUT2D eigenvalue weighted by molar-refractivity contribution is 5.81. The van der Waals surface area contributed by atoms with E-state index in [9.17, 15) is 0 Å². The van der Waals surface area contributed by atoms with Crippen LogP contribution in [0.5, 0.6) is 0 Å². The van der Waals surface area contributed by atoms with E-state index >= 15 is 0 Å². The first-order valence-electron chi connectivity index (χ1n) is 12.3. The molecule has 0 N–H and O–H groups in total. The quantitative estimate of drug-likeness (QED) is 0.482. The highest BCUT2D eigenvalue weighted by atomic mass is 14.3. The van der Waals surface area contributed by atoms with Gasteiger partial charge in [-0.1, -0.05) is 120 Å². The lowest BCUT2D eigenvalue weighted by molar-refractivity contribution is 0.256. The maximum absolute atomic E-state index is 2.56. The Balaban J connectivity index is 1.56. The van der Waals surface area contributed by atoms with Crippen LogP contribution in [0.15, 0.2) is 48.0 Å². The number of allylic oxidation sites excluding steroid dienone is 1. The summed E-state index contributed by atoms with van der Waals surface area (Å²) in [5.74, 6) is 0. The molecule has 2 aromatic rings. The van der Waals surface area contributed by atoms with Crippen LogP contribution in [0.25, 0.3) is 17.2 Å². The monoisotopic (exact) mass is 400 g/mol. The van der Waals surface area contributed by atoms with Gasteiger partial charge in [0.2, 0.25) is 0 Å². The van der Waals surface area contributed by atoms with Gasteiger partial charge in [0.05, 0.1) is 0 Å². The summed E-state index contributed by atoms with van der Waals surface area (Å²) in [5, 5.41) is 0. The minimum atomic E-state index is 0.205. The number of hydrogen-bond acceptors (Lipinski definition) is 0. The van der Waals surface area contributed by atoms with Gasteiger partial charge < -0.3 is 0 Å². The summed E-state index contributed by atoms with van der Waals surface area (Å²) in [4.78, 5) is 0. The van der Waals surface area contributed by atoms with E-state index in [0.29, 0.717) is 5.41 Å². The van der Waals surface area contributed by atoms with Gasteiger partial charge in [-0.15, -0.1) is 0 Å². The second kappa shape index (κ2) is 8.74. The molecule has 0 spiro atoms. The third-order valence-corrected chi connectivity index (χ3v) is 7.49. The normalized spacial score (nSPS) is 19.4. The fraction of sp³-hybridized carbons (Fsp3) is 0.533.